The average molecular weight is 275 g/mol. The van der Waals surface area contributed by atoms with E-state index >= 15 is 0 Å². The molecule has 0 amide bonds. The van der Waals surface area contributed by atoms with Gasteiger partial charge in [-0.3, -0.25) is 0 Å². The summed E-state index contributed by atoms with van der Waals surface area (Å²) in [6.45, 7) is 8.05. The van der Waals surface area contributed by atoms with Crippen molar-refractivity contribution in [2.24, 2.45) is 5.41 Å². The van der Waals surface area contributed by atoms with Crippen molar-refractivity contribution in [3.8, 4) is 5.75 Å². The van der Waals surface area contributed by atoms with Gasteiger partial charge in [0.05, 0.1) is 7.11 Å². The number of hydrogen-bond donors (Lipinski definition) is 1. The average Bonchev–Trinajstić information content (AvgIpc) is 2.48. The third-order valence-corrected chi connectivity index (χ3v) is 5.33. The van der Waals surface area contributed by atoms with E-state index in [1.807, 2.05) is 0 Å². The molecule has 0 bridgehead atoms. The third-order valence-electron chi connectivity index (χ3n) is 5.33. The molecule has 0 saturated heterocycles. The van der Waals surface area contributed by atoms with E-state index < -0.39 is 0 Å². The predicted octanol–water partition coefficient (Wildman–Crippen LogP) is 4.36. The second-order valence-electron chi connectivity index (χ2n) is 5.98. The fourth-order valence-electron chi connectivity index (χ4n) is 4.02. The molecule has 0 heterocycles. The molecule has 112 valence electrons. The summed E-state index contributed by atoms with van der Waals surface area (Å²) in [5, 5.41) is 3.76. The van der Waals surface area contributed by atoms with Gasteiger partial charge in [0.15, 0.2) is 0 Å². The van der Waals surface area contributed by atoms with E-state index in [1.54, 1.807) is 7.11 Å². The van der Waals surface area contributed by atoms with Crippen molar-refractivity contribution in [2.45, 2.75) is 58.4 Å². The molecule has 0 spiro atoms. The number of rotatable bonds is 7. The summed E-state index contributed by atoms with van der Waals surface area (Å²) >= 11 is 0. The van der Waals surface area contributed by atoms with Gasteiger partial charge in [-0.05, 0) is 55.2 Å². The Balaban J connectivity index is 2.24. The highest BCUT2D eigenvalue weighted by atomic mass is 16.5. The van der Waals surface area contributed by atoms with Crippen LogP contribution in [0.25, 0.3) is 0 Å². The lowest BCUT2D eigenvalue weighted by atomic mass is 9.51. The summed E-state index contributed by atoms with van der Waals surface area (Å²) in [6, 6.07) is 9.21. The minimum Gasteiger partial charge on any atom is -0.496 e. The van der Waals surface area contributed by atoms with E-state index in [9.17, 15) is 0 Å². The molecule has 2 rings (SSSR count). The molecule has 1 aliphatic carbocycles. The molecule has 2 unspecified atom stereocenters. The van der Waals surface area contributed by atoms with Crippen molar-refractivity contribution >= 4 is 0 Å². The molecule has 1 aromatic rings. The highest BCUT2D eigenvalue weighted by Crippen LogP contribution is 2.58. The standard InChI is InChI=1S/C18H29NO/c1-5-12-19-17-13-15(18(17,6-2)7-3)14-10-8-9-11-16(14)20-4/h8-11,15,17,19H,5-7,12-13H2,1-4H3. The van der Waals surface area contributed by atoms with Crippen LogP contribution in [0.5, 0.6) is 5.75 Å². The first-order valence-corrected chi connectivity index (χ1v) is 8.09. The van der Waals surface area contributed by atoms with Gasteiger partial charge in [-0.25, -0.2) is 0 Å². The van der Waals surface area contributed by atoms with Crippen molar-refractivity contribution in [1.82, 2.24) is 5.32 Å². The Morgan fingerprint density at radius 2 is 1.90 bits per heavy atom. The summed E-state index contributed by atoms with van der Waals surface area (Å²) in [4.78, 5) is 0. The van der Waals surface area contributed by atoms with Gasteiger partial charge in [0.1, 0.15) is 5.75 Å². The summed E-state index contributed by atoms with van der Waals surface area (Å²) in [5.74, 6) is 1.68. The Morgan fingerprint density at radius 1 is 1.20 bits per heavy atom. The van der Waals surface area contributed by atoms with Crippen LogP contribution < -0.4 is 10.1 Å². The summed E-state index contributed by atoms with van der Waals surface area (Å²) in [7, 11) is 1.78. The first-order valence-electron chi connectivity index (χ1n) is 8.09. The highest BCUT2D eigenvalue weighted by molar-refractivity contribution is 5.40. The highest BCUT2D eigenvalue weighted by Gasteiger charge is 2.53. The number of methoxy groups -OCH3 is 1. The van der Waals surface area contributed by atoms with Gasteiger partial charge in [-0.1, -0.05) is 39.0 Å². The Morgan fingerprint density at radius 3 is 2.50 bits per heavy atom. The van der Waals surface area contributed by atoms with Gasteiger partial charge in [0.2, 0.25) is 0 Å². The van der Waals surface area contributed by atoms with Crippen LogP contribution >= 0.6 is 0 Å². The molecule has 1 aliphatic rings. The summed E-state index contributed by atoms with van der Waals surface area (Å²) in [6.07, 6.45) is 4.91. The quantitative estimate of drug-likeness (QED) is 0.798. The van der Waals surface area contributed by atoms with Crippen molar-refractivity contribution < 1.29 is 4.74 Å². The molecule has 1 fully saturated rings. The number of ether oxygens (including phenoxy) is 1. The van der Waals surface area contributed by atoms with Crippen molar-refractivity contribution in [3.63, 3.8) is 0 Å². The van der Waals surface area contributed by atoms with Gasteiger partial charge in [0.25, 0.3) is 0 Å². The van der Waals surface area contributed by atoms with E-state index in [0.717, 1.165) is 12.3 Å². The van der Waals surface area contributed by atoms with Crippen LogP contribution in [0.3, 0.4) is 0 Å². The van der Waals surface area contributed by atoms with Gasteiger partial charge in [-0.2, -0.15) is 0 Å². The fourth-order valence-corrected chi connectivity index (χ4v) is 4.02. The largest absolute Gasteiger partial charge is 0.496 e. The minimum atomic E-state index is 0.393. The lowest BCUT2D eigenvalue weighted by molar-refractivity contribution is 0.0190. The molecule has 1 saturated carbocycles. The molecule has 20 heavy (non-hydrogen) atoms. The first kappa shape index (κ1) is 15.4. The molecular weight excluding hydrogens is 246 g/mol. The first-order chi connectivity index (χ1) is 9.73. The molecule has 1 N–H and O–H groups in total. The van der Waals surface area contributed by atoms with Crippen LogP contribution in [0.2, 0.25) is 0 Å². The number of nitrogens with one attached hydrogen (secondary N) is 1. The smallest absolute Gasteiger partial charge is 0.122 e. The maximum atomic E-state index is 5.58. The van der Waals surface area contributed by atoms with Gasteiger partial charge < -0.3 is 10.1 Å². The van der Waals surface area contributed by atoms with Crippen molar-refractivity contribution in [2.75, 3.05) is 13.7 Å². The van der Waals surface area contributed by atoms with Crippen LogP contribution in [0.15, 0.2) is 24.3 Å². The fraction of sp³-hybridized carbons (Fsp3) is 0.667. The second kappa shape index (κ2) is 6.62. The van der Waals surface area contributed by atoms with Crippen molar-refractivity contribution in [1.29, 1.82) is 0 Å². The lowest BCUT2D eigenvalue weighted by Gasteiger charge is -2.57. The maximum absolute atomic E-state index is 5.58. The van der Waals surface area contributed by atoms with Crippen LogP contribution in [0.1, 0.15) is 57.9 Å². The van der Waals surface area contributed by atoms with Gasteiger partial charge >= 0.3 is 0 Å². The van der Waals surface area contributed by atoms with E-state index in [0.29, 0.717) is 17.4 Å². The maximum Gasteiger partial charge on any atom is 0.122 e. The zero-order valence-corrected chi connectivity index (χ0v) is 13.4. The SMILES string of the molecule is CCCNC1CC(c2ccccc2OC)C1(CC)CC. The molecule has 0 radical (unpaired) electrons. The van der Waals surface area contributed by atoms with E-state index in [-0.39, 0.29) is 0 Å². The molecule has 2 heteroatoms. The zero-order valence-electron chi connectivity index (χ0n) is 13.4. The summed E-state index contributed by atoms with van der Waals surface area (Å²) < 4.78 is 5.58. The number of benzene rings is 1. The van der Waals surface area contributed by atoms with E-state index in [4.69, 9.17) is 4.74 Å². The Hall–Kier alpha value is -1.02. The predicted molar refractivity (Wildman–Crippen MR) is 85.4 cm³/mol. The van der Waals surface area contributed by atoms with Crippen LogP contribution in [-0.4, -0.2) is 19.7 Å². The molecule has 0 aromatic heterocycles. The monoisotopic (exact) mass is 275 g/mol. The third kappa shape index (κ3) is 2.46. The Bertz CT molecular complexity index is 425. The Labute approximate surface area is 123 Å². The van der Waals surface area contributed by atoms with Crippen molar-refractivity contribution in [3.05, 3.63) is 29.8 Å². The molecular formula is C18H29NO. The lowest BCUT2D eigenvalue weighted by Crippen LogP contribution is -2.58. The number of para-hydroxylation sites is 1. The van der Waals surface area contributed by atoms with Crippen LogP contribution in [0, 0.1) is 5.41 Å². The molecule has 2 nitrogen and oxygen atoms in total. The van der Waals surface area contributed by atoms with Crippen LogP contribution in [-0.2, 0) is 0 Å². The van der Waals surface area contributed by atoms with E-state index in [2.05, 4.69) is 50.4 Å². The van der Waals surface area contributed by atoms with Gasteiger partial charge in [0, 0.05) is 6.04 Å². The summed E-state index contributed by atoms with van der Waals surface area (Å²) in [5.41, 5.74) is 1.79. The minimum absolute atomic E-state index is 0.393. The normalized spacial score (nSPS) is 24.2. The molecule has 0 aliphatic heterocycles. The second-order valence-corrected chi connectivity index (χ2v) is 5.98. The molecule has 2 atom stereocenters. The Kier molecular flexibility index (Phi) is 5.09. The van der Waals surface area contributed by atoms with E-state index in [1.165, 1.54) is 31.2 Å². The number of hydrogen-bond acceptors (Lipinski definition) is 2. The zero-order chi connectivity index (χ0) is 14.6. The molecule has 1 aromatic carbocycles. The van der Waals surface area contributed by atoms with Crippen LogP contribution in [0.4, 0.5) is 0 Å². The van der Waals surface area contributed by atoms with Gasteiger partial charge in [-0.15, -0.1) is 0 Å². The topological polar surface area (TPSA) is 21.3 Å².